The number of aromatic nitrogens is 1. The topological polar surface area (TPSA) is 58.5 Å². The molecule has 0 spiro atoms. The lowest BCUT2D eigenvalue weighted by Gasteiger charge is -2.24. The molecular weight excluding hydrogens is 344 g/mol. The van der Waals surface area contributed by atoms with Crippen LogP contribution in [0.2, 0.25) is 0 Å². The van der Waals surface area contributed by atoms with Gasteiger partial charge in [0.2, 0.25) is 0 Å². The minimum Gasteiger partial charge on any atom is -0.373 e. The molecule has 2 aromatic rings. The average molecular weight is 373 g/mol. The van der Waals surface area contributed by atoms with E-state index in [0.29, 0.717) is 6.54 Å². The van der Waals surface area contributed by atoms with Crippen molar-refractivity contribution in [2.45, 2.75) is 45.8 Å². The van der Waals surface area contributed by atoms with E-state index < -0.39 is 0 Å². The number of ether oxygens (including phenoxy) is 1. The average Bonchev–Trinajstić information content (AvgIpc) is 3.25. The third-order valence-electron chi connectivity index (χ3n) is 4.57. The molecular formula is C20H28N4OS. The van der Waals surface area contributed by atoms with Crippen LogP contribution in [0.3, 0.4) is 0 Å². The Kier molecular flexibility index (Phi) is 6.27. The second-order valence-electron chi connectivity index (χ2n) is 6.84. The summed E-state index contributed by atoms with van der Waals surface area (Å²) in [6.45, 7) is 9.39. The third kappa shape index (κ3) is 4.83. The number of nitrogens with zero attached hydrogens (tertiary/aromatic N) is 2. The molecule has 5 nitrogen and oxygen atoms in total. The number of rotatable bonds is 6. The minimum atomic E-state index is -0.0862. The molecule has 0 radical (unpaired) electrons. The molecule has 0 amide bonds. The molecule has 1 aliphatic heterocycles. The number of thiazole rings is 1. The minimum absolute atomic E-state index is 0.0862. The number of aryl methyl sites for hydroxylation is 1. The Hall–Kier alpha value is -1.92. The van der Waals surface area contributed by atoms with Gasteiger partial charge in [0.15, 0.2) is 5.96 Å². The highest BCUT2D eigenvalue weighted by molar-refractivity contribution is 7.15. The van der Waals surface area contributed by atoms with Crippen LogP contribution >= 0.6 is 11.3 Å². The SMILES string of the molecule is CCNC(=NCc1sc(-c2ccccc2)nc1C)NCC1(C)CCCO1. The Labute approximate surface area is 159 Å². The van der Waals surface area contributed by atoms with Crippen LogP contribution in [-0.4, -0.2) is 36.2 Å². The highest BCUT2D eigenvalue weighted by Gasteiger charge is 2.29. The predicted octanol–water partition coefficient (Wildman–Crippen LogP) is 3.74. The van der Waals surface area contributed by atoms with Crippen molar-refractivity contribution >= 4 is 17.3 Å². The number of hydrogen-bond donors (Lipinski definition) is 2. The Morgan fingerprint density at radius 1 is 1.31 bits per heavy atom. The fourth-order valence-corrected chi connectivity index (χ4v) is 4.01. The van der Waals surface area contributed by atoms with Crippen LogP contribution < -0.4 is 10.6 Å². The van der Waals surface area contributed by atoms with Crippen LogP contribution in [0.15, 0.2) is 35.3 Å². The van der Waals surface area contributed by atoms with Gasteiger partial charge < -0.3 is 15.4 Å². The molecule has 6 heteroatoms. The smallest absolute Gasteiger partial charge is 0.191 e. The lowest BCUT2D eigenvalue weighted by atomic mass is 10.0. The van der Waals surface area contributed by atoms with E-state index in [1.165, 1.54) is 4.88 Å². The van der Waals surface area contributed by atoms with Gasteiger partial charge in [0.25, 0.3) is 0 Å². The van der Waals surface area contributed by atoms with Gasteiger partial charge in [-0.1, -0.05) is 30.3 Å². The van der Waals surface area contributed by atoms with Crippen molar-refractivity contribution in [1.29, 1.82) is 0 Å². The normalized spacial score (nSPS) is 20.3. The van der Waals surface area contributed by atoms with Gasteiger partial charge >= 0.3 is 0 Å². The molecule has 2 N–H and O–H groups in total. The quantitative estimate of drug-likeness (QED) is 0.599. The highest BCUT2D eigenvalue weighted by Crippen LogP contribution is 2.28. The van der Waals surface area contributed by atoms with Crippen LogP contribution in [0.25, 0.3) is 10.6 Å². The first-order valence-electron chi connectivity index (χ1n) is 9.27. The molecule has 1 unspecified atom stereocenters. The third-order valence-corrected chi connectivity index (χ3v) is 5.76. The van der Waals surface area contributed by atoms with Crippen molar-refractivity contribution in [3.63, 3.8) is 0 Å². The van der Waals surface area contributed by atoms with Crippen molar-refractivity contribution in [3.05, 3.63) is 40.9 Å². The van der Waals surface area contributed by atoms with Gasteiger partial charge in [0.1, 0.15) is 5.01 Å². The van der Waals surface area contributed by atoms with Crippen molar-refractivity contribution < 1.29 is 4.74 Å². The van der Waals surface area contributed by atoms with Crippen LogP contribution in [0.1, 0.15) is 37.3 Å². The maximum atomic E-state index is 5.85. The summed E-state index contributed by atoms with van der Waals surface area (Å²) in [4.78, 5) is 10.7. The molecule has 0 aliphatic carbocycles. The van der Waals surface area contributed by atoms with E-state index in [0.717, 1.165) is 54.8 Å². The van der Waals surface area contributed by atoms with Crippen molar-refractivity contribution in [2.75, 3.05) is 19.7 Å². The zero-order chi connectivity index (χ0) is 18.4. The van der Waals surface area contributed by atoms with Gasteiger partial charge in [-0.2, -0.15) is 0 Å². The van der Waals surface area contributed by atoms with E-state index in [4.69, 9.17) is 14.7 Å². The van der Waals surface area contributed by atoms with Crippen molar-refractivity contribution in [1.82, 2.24) is 15.6 Å². The summed E-state index contributed by atoms with van der Waals surface area (Å²) in [6, 6.07) is 10.3. The lowest BCUT2D eigenvalue weighted by Crippen LogP contribution is -2.45. The number of aliphatic imine (C=N–C) groups is 1. The van der Waals surface area contributed by atoms with E-state index in [-0.39, 0.29) is 5.60 Å². The predicted molar refractivity (Wildman–Crippen MR) is 109 cm³/mol. The van der Waals surface area contributed by atoms with Crippen LogP contribution in [0.4, 0.5) is 0 Å². The first kappa shape index (κ1) is 18.9. The van der Waals surface area contributed by atoms with Gasteiger partial charge in [-0.15, -0.1) is 11.3 Å². The van der Waals surface area contributed by atoms with Crippen molar-refractivity contribution in [3.8, 4) is 10.6 Å². The zero-order valence-corrected chi connectivity index (χ0v) is 16.7. The molecule has 1 saturated heterocycles. The zero-order valence-electron chi connectivity index (χ0n) is 15.8. The summed E-state index contributed by atoms with van der Waals surface area (Å²) in [6.07, 6.45) is 2.22. The first-order chi connectivity index (χ1) is 12.6. The maximum absolute atomic E-state index is 5.85. The summed E-state index contributed by atoms with van der Waals surface area (Å²) in [5.41, 5.74) is 2.13. The molecule has 1 aromatic heterocycles. The number of nitrogens with one attached hydrogen (secondary N) is 2. The number of guanidine groups is 1. The first-order valence-corrected chi connectivity index (χ1v) is 10.1. The Bertz CT molecular complexity index is 736. The molecule has 26 heavy (non-hydrogen) atoms. The van der Waals surface area contributed by atoms with E-state index in [9.17, 15) is 0 Å². The number of hydrogen-bond acceptors (Lipinski definition) is 4. The Morgan fingerprint density at radius 2 is 2.12 bits per heavy atom. The summed E-state index contributed by atoms with van der Waals surface area (Å²) < 4.78 is 5.85. The molecule has 0 saturated carbocycles. The standard InChI is InChI=1S/C20H28N4OS/c1-4-21-19(23-14-20(3)11-8-12-25-20)22-13-17-15(2)24-18(26-17)16-9-6-5-7-10-16/h5-7,9-10H,4,8,11-14H2,1-3H3,(H2,21,22,23). The van der Waals surface area contributed by atoms with Crippen LogP contribution in [-0.2, 0) is 11.3 Å². The van der Waals surface area contributed by atoms with Crippen molar-refractivity contribution in [2.24, 2.45) is 4.99 Å². The lowest BCUT2D eigenvalue weighted by molar-refractivity contribution is 0.0243. The van der Waals surface area contributed by atoms with E-state index >= 15 is 0 Å². The Morgan fingerprint density at radius 3 is 2.81 bits per heavy atom. The fraction of sp³-hybridized carbons (Fsp3) is 0.500. The summed E-state index contributed by atoms with van der Waals surface area (Å²) in [5, 5.41) is 7.80. The summed E-state index contributed by atoms with van der Waals surface area (Å²) >= 11 is 1.72. The van der Waals surface area contributed by atoms with Gasteiger partial charge in [0, 0.05) is 30.1 Å². The second-order valence-corrected chi connectivity index (χ2v) is 7.93. The molecule has 3 rings (SSSR count). The van der Waals surface area contributed by atoms with E-state index in [1.54, 1.807) is 11.3 Å². The highest BCUT2D eigenvalue weighted by atomic mass is 32.1. The van der Waals surface area contributed by atoms with Gasteiger partial charge in [-0.25, -0.2) is 9.98 Å². The molecule has 1 atom stereocenters. The molecule has 0 bridgehead atoms. The second kappa shape index (κ2) is 8.64. The van der Waals surface area contributed by atoms with Crippen LogP contribution in [0, 0.1) is 6.92 Å². The molecule has 1 aromatic carbocycles. The van der Waals surface area contributed by atoms with Gasteiger partial charge in [0.05, 0.1) is 17.8 Å². The Balaban J connectivity index is 1.66. The largest absolute Gasteiger partial charge is 0.373 e. The molecule has 2 heterocycles. The van der Waals surface area contributed by atoms with Gasteiger partial charge in [-0.3, -0.25) is 0 Å². The van der Waals surface area contributed by atoms with Crippen LogP contribution in [0.5, 0.6) is 0 Å². The fourth-order valence-electron chi connectivity index (χ4n) is 3.02. The number of benzene rings is 1. The molecule has 1 aliphatic rings. The summed E-state index contributed by atoms with van der Waals surface area (Å²) in [7, 11) is 0. The molecule has 140 valence electrons. The van der Waals surface area contributed by atoms with Gasteiger partial charge in [-0.05, 0) is 33.6 Å². The monoisotopic (exact) mass is 372 g/mol. The van der Waals surface area contributed by atoms with E-state index in [1.807, 2.05) is 18.2 Å². The van der Waals surface area contributed by atoms with E-state index in [2.05, 4.69) is 43.5 Å². The molecule has 1 fully saturated rings. The summed E-state index contributed by atoms with van der Waals surface area (Å²) in [5.74, 6) is 0.832. The maximum Gasteiger partial charge on any atom is 0.191 e.